The van der Waals surface area contributed by atoms with E-state index in [2.05, 4.69) is 25.1 Å². The molecular weight excluding hydrogens is 409 g/mol. The molecule has 5 rings (SSSR count). The molecule has 2 heterocycles. The molecule has 0 saturated heterocycles. The molecule has 2 aromatic heterocycles. The van der Waals surface area contributed by atoms with Crippen LogP contribution >= 0.6 is 23.1 Å². The molecule has 2 saturated carbocycles. The van der Waals surface area contributed by atoms with Gasteiger partial charge >= 0.3 is 0 Å². The van der Waals surface area contributed by atoms with Gasteiger partial charge in [0.1, 0.15) is 11.6 Å². The number of carbonyl (C=O) groups is 1. The SMILES string of the molecule is C[C@H](Sc1nnc(C2CC2)n1C1CC1)C(=O)Nc1nc(-c2ccc(F)cc2)cs1. The first-order valence-corrected chi connectivity index (χ1v) is 11.5. The number of hydrogen-bond acceptors (Lipinski definition) is 6. The van der Waals surface area contributed by atoms with Crippen molar-refractivity contribution in [3.05, 3.63) is 41.3 Å². The third kappa shape index (κ3) is 4.06. The number of nitrogens with one attached hydrogen (secondary N) is 1. The first-order chi connectivity index (χ1) is 14.1. The Labute approximate surface area is 176 Å². The lowest BCUT2D eigenvalue weighted by molar-refractivity contribution is -0.115. The highest BCUT2D eigenvalue weighted by molar-refractivity contribution is 8.00. The second-order valence-electron chi connectivity index (χ2n) is 7.51. The van der Waals surface area contributed by atoms with Gasteiger partial charge in [0.05, 0.1) is 10.9 Å². The third-order valence-electron chi connectivity index (χ3n) is 5.07. The molecule has 0 spiro atoms. The van der Waals surface area contributed by atoms with Crippen molar-refractivity contribution in [2.24, 2.45) is 0 Å². The molecule has 150 valence electrons. The lowest BCUT2D eigenvalue weighted by Crippen LogP contribution is -2.23. The van der Waals surface area contributed by atoms with Crippen molar-refractivity contribution in [1.29, 1.82) is 0 Å². The molecule has 0 radical (unpaired) electrons. The average Bonchev–Trinajstić information content (AvgIpc) is 3.64. The van der Waals surface area contributed by atoms with Crippen molar-refractivity contribution in [3.63, 3.8) is 0 Å². The molecule has 1 atom stereocenters. The fourth-order valence-corrected chi connectivity index (χ4v) is 4.82. The van der Waals surface area contributed by atoms with Gasteiger partial charge in [-0.1, -0.05) is 11.8 Å². The van der Waals surface area contributed by atoms with Crippen molar-refractivity contribution in [3.8, 4) is 11.3 Å². The molecule has 1 amide bonds. The van der Waals surface area contributed by atoms with E-state index in [0.717, 1.165) is 29.4 Å². The van der Waals surface area contributed by atoms with E-state index in [-0.39, 0.29) is 17.0 Å². The number of amides is 1. The summed E-state index contributed by atoms with van der Waals surface area (Å²) in [6.07, 6.45) is 4.70. The predicted octanol–water partition coefficient (Wildman–Crippen LogP) is 4.87. The molecule has 1 aromatic carbocycles. The number of thiazole rings is 1. The number of carbonyl (C=O) groups excluding carboxylic acids is 1. The molecule has 0 bridgehead atoms. The minimum absolute atomic E-state index is 0.117. The van der Waals surface area contributed by atoms with E-state index in [4.69, 9.17) is 0 Å². The van der Waals surface area contributed by atoms with Crippen LogP contribution in [0.1, 0.15) is 50.4 Å². The second-order valence-corrected chi connectivity index (χ2v) is 9.68. The number of hydrogen-bond donors (Lipinski definition) is 1. The summed E-state index contributed by atoms with van der Waals surface area (Å²) in [6.45, 7) is 1.87. The molecule has 2 aliphatic carbocycles. The van der Waals surface area contributed by atoms with Gasteiger partial charge in [-0.2, -0.15) is 0 Å². The molecule has 2 fully saturated rings. The average molecular weight is 430 g/mol. The molecule has 2 aliphatic rings. The van der Waals surface area contributed by atoms with Crippen LogP contribution in [-0.4, -0.2) is 30.9 Å². The van der Waals surface area contributed by atoms with Crippen LogP contribution in [0.3, 0.4) is 0 Å². The van der Waals surface area contributed by atoms with E-state index in [1.54, 1.807) is 12.1 Å². The Kier molecular flexibility index (Phi) is 4.87. The van der Waals surface area contributed by atoms with Gasteiger partial charge in [-0.3, -0.25) is 4.79 Å². The topological polar surface area (TPSA) is 72.7 Å². The summed E-state index contributed by atoms with van der Waals surface area (Å²) in [4.78, 5) is 17.1. The quantitative estimate of drug-likeness (QED) is 0.542. The zero-order valence-electron chi connectivity index (χ0n) is 15.8. The van der Waals surface area contributed by atoms with E-state index in [0.29, 0.717) is 22.8 Å². The predicted molar refractivity (Wildman–Crippen MR) is 112 cm³/mol. The third-order valence-corrected chi connectivity index (χ3v) is 6.89. The number of aromatic nitrogens is 4. The van der Waals surface area contributed by atoms with E-state index in [1.165, 1.54) is 48.1 Å². The Morgan fingerprint density at radius 1 is 1.24 bits per heavy atom. The Morgan fingerprint density at radius 3 is 2.69 bits per heavy atom. The molecule has 29 heavy (non-hydrogen) atoms. The monoisotopic (exact) mass is 429 g/mol. The van der Waals surface area contributed by atoms with Crippen LogP contribution in [0.25, 0.3) is 11.3 Å². The van der Waals surface area contributed by atoms with Gasteiger partial charge in [-0.15, -0.1) is 21.5 Å². The number of rotatable bonds is 7. The first-order valence-electron chi connectivity index (χ1n) is 9.72. The molecule has 6 nitrogen and oxygen atoms in total. The van der Waals surface area contributed by atoms with Crippen molar-refractivity contribution in [1.82, 2.24) is 19.7 Å². The maximum Gasteiger partial charge on any atom is 0.239 e. The van der Waals surface area contributed by atoms with Gasteiger partial charge in [0.2, 0.25) is 5.91 Å². The van der Waals surface area contributed by atoms with E-state index < -0.39 is 0 Å². The van der Waals surface area contributed by atoms with Crippen LogP contribution in [0.5, 0.6) is 0 Å². The summed E-state index contributed by atoms with van der Waals surface area (Å²) in [5.41, 5.74) is 1.53. The lowest BCUT2D eigenvalue weighted by atomic mass is 10.2. The Hall–Kier alpha value is -2.26. The maximum atomic E-state index is 13.1. The fourth-order valence-electron chi connectivity index (χ4n) is 3.17. The van der Waals surface area contributed by atoms with Gasteiger partial charge in [0.15, 0.2) is 10.3 Å². The number of benzene rings is 1. The van der Waals surface area contributed by atoms with E-state index in [1.807, 2.05) is 12.3 Å². The number of nitrogens with zero attached hydrogens (tertiary/aromatic N) is 4. The Balaban J connectivity index is 1.25. The number of anilines is 1. The van der Waals surface area contributed by atoms with Crippen LogP contribution in [0.15, 0.2) is 34.8 Å². The zero-order valence-corrected chi connectivity index (χ0v) is 17.5. The number of halogens is 1. The van der Waals surface area contributed by atoms with Crippen molar-refractivity contribution < 1.29 is 9.18 Å². The molecule has 3 aromatic rings. The van der Waals surface area contributed by atoms with Crippen molar-refractivity contribution in [2.45, 2.75) is 55.0 Å². The Bertz CT molecular complexity index is 1040. The second kappa shape index (κ2) is 7.53. The number of thioether (sulfide) groups is 1. The van der Waals surface area contributed by atoms with Crippen LogP contribution < -0.4 is 5.32 Å². The maximum absolute atomic E-state index is 13.1. The summed E-state index contributed by atoms with van der Waals surface area (Å²) in [5.74, 6) is 1.23. The van der Waals surface area contributed by atoms with Gasteiger partial charge in [-0.05, 0) is 56.9 Å². The van der Waals surface area contributed by atoms with E-state index >= 15 is 0 Å². The molecule has 1 N–H and O–H groups in total. The Morgan fingerprint density at radius 2 is 2.00 bits per heavy atom. The van der Waals surface area contributed by atoms with Crippen LogP contribution in [0.4, 0.5) is 9.52 Å². The van der Waals surface area contributed by atoms with Gasteiger partial charge < -0.3 is 9.88 Å². The zero-order chi connectivity index (χ0) is 20.0. The normalized spacial score (nSPS) is 17.3. The minimum Gasteiger partial charge on any atom is -0.303 e. The minimum atomic E-state index is -0.318. The van der Waals surface area contributed by atoms with Crippen LogP contribution in [0.2, 0.25) is 0 Å². The molecule has 0 aliphatic heterocycles. The van der Waals surface area contributed by atoms with Crippen LogP contribution in [0, 0.1) is 5.82 Å². The van der Waals surface area contributed by atoms with Gasteiger partial charge in [0.25, 0.3) is 0 Å². The van der Waals surface area contributed by atoms with Gasteiger partial charge in [-0.25, -0.2) is 9.37 Å². The highest BCUT2D eigenvalue weighted by atomic mass is 32.2. The van der Waals surface area contributed by atoms with Crippen molar-refractivity contribution >= 4 is 34.1 Å². The summed E-state index contributed by atoms with van der Waals surface area (Å²) in [6, 6.07) is 6.65. The first kappa shape index (κ1) is 18.7. The summed E-state index contributed by atoms with van der Waals surface area (Å²) in [7, 11) is 0. The molecule has 0 unspecified atom stereocenters. The summed E-state index contributed by atoms with van der Waals surface area (Å²) in [5, 5.41) is 14.6. The largest absolute Gasteiger partial charge is 0.303 e. The fraction of sp³-hybridized carbons (Fsp3) is 0.400. The molecule has 9 heteroatoms. The van der Waals surface area contributed by atoms with Crippen molar-refractivity contribution in [2.75, 3.05) is 5.32 Å². The summed E-state index contributed by atoms with van der Waals surface area (Å²) < 4.78 is 15.3. The summed E-state index contributed by atoms with van der Waals surface area (Å²) >= 11 is 2.80. The highest BCUT2D eigenvalue weighted by Crippen LogP contribution is 2.46. The highest BCUT2D eigenvalue weighted by Gasteiger charge is 2.37. The van der Waals surface area contributed by atoms with Gasteiger partial charge in [0, 0.05) is 22.9 Å². The van der Waals surface area contributed by atoms with E-state index in [9.17, 15) is 9.18 Å². The van der Waals surface area contributed by atoms with Crippen LogP contribution in [-0.2, 0) is 4.79 Å². The standard InChI is InChI=1S/C20H20FN5OS2/c1-11(29-20-25-24-17(13-2-3-13)26(20)15-8-9-15)18(27)23-19-22-16(10-28-19)12-4-6-14(21)7-5-12/h4-7,10-11,13,15H,2-3,8-9H2,1H3,(H,22,23,27)/t11-/m0/s1. The molecular formula is C20H20FN5OS2. The smallest absolute Gasteiger partial charge is 0.239 e. The lowest BCUT2D eigenvalue weighted by Gasteiger charge is -2.12.